The van der Waals surface area contributed by atoms with Crippen LogP contribution in [0.2, 0.25) is 5.28 Å². The number of anilines is 1. The molecule has 1 aromatic carbocycles. The number of rotatable bonds is 2. The highest BCUT2D eigenvalue weighted by Gasteiger charge is 2.17. The van der Waals surface area contributed by atoms with Crippen LogP contribution in [0.3, 0.4) is 0 Å². The lowest BCUT2D eigenvalue weighted by Crippen LogP contribution is -2.44. The maximum Gasteiger partial charge on any atom is 0.224 e. The summed E-state index contributed by atoms with van der Waals surface area (Å²) in [6.45, 7) is 3.81. The van der Waals surface area contributed by atoms with Crippen molar-refractivity contribution < 1.29 is 4.39 Å². The molecule has 2 aromatic rings. The molecule has 0 unspecified atom stereocenters. The largest absolute Gasteiger partial charge is 0.354 e. The Kier molecular flexibility index (Phi) is 4.03. The molecular weight excluding hydrogens is 291 g/mol. The summed E-state index contributed by atoms with van der Waals surface area (Å²) in [4.78, 5) is 13.0. The van der Waals surface area contributed by atoms with Gasteiger partial charge >= 0.3 is 0 Å². The molecule has 3 rings (SSSR count). The van der Waals surface area contributed by atoms with Gasteiger partial charge in [0, 0.05) is 37.8 Å². The summed E-state index contributed by atoms with van der Waals surface area (Å²) in [6.07, 6.45) is 0. The average molecular weight is 307 g/mol. The van der Waals surface area contributed by atoms with Gasteiger partial charge in [0.25, 0.3) is 0 Å². The molecule has 0 amide bonds. The molecular formula is C15H16ClFN4. The fourth-order valence-corrected chi connectivity index (χ4v) is 2.55. The highest BCUT2D eigenvalue weighted by molar-refractivity contribution is 6.28. The molecule has 6 heteroatoms. The molecule has 1 fully saturated rings. The van der Waals surface area contributed by atoms with Crippen LogP contribution < -0.4 is 4.90 Å². The first kappa shape index (κ1) is 14.2. The highest BCUT2D eigenvalue weighted by Crippen LogP contribution is 2.24. The van der Waals surface area contributed by atoms with Crippen LogP contribution in [0, 0.1) is 5.82 Å². The maximum absolute atomic E-state index is 13.0. The summed E-state index contributed by atoms with van der Waals surface area (Å²) < 4.78 is 13.0. The predicted octanol–water partition coefficient (Wildman–Crippen LogP) is 2.69. The molecule has 0 bridgehead atoms. The molecule has 1 saturated heterocycles. The van der Waals surface area contributed by atoms with Crippen LogP contribution >= 0.6 is 11.6 Å². The molecule has 4 nitrogen and oxygen atoms in total. The van der Waals surface area contributed by atoms with Crippen LogP contribution in [-0.2, 0) is 0 Å². The van der Waals surface area contributed by atoms with Crippen LogP contribution in [0.5, 0.6) is 0 Å². The van der Waals surface area contributed by atoms with Crippen LogP contribution in [0.25, 0.3) is 11.3 Å². The number of hydrogen-bond acceptors (Lipinski definition) is 4. The van der Waals surface area contributed by atoms with Crippen molar-refractivity contribution in [1.29, 1.82) is 0 Å². The molecule has 1 aliphatic rings. The van der Waals surface area contributed by atoms with E-state index in [0.717, 1.165) is 37.6 Å². The summed E-state index contributed by atoms with van der Waals surface area (Å²) >= 11 is 6.05. The van der Waals surface area contributed by atoms with E-state index in [2.05, 4.69) is 26.8 Å². The zero-order chi connectivity index (χ0) is 14.8. The number of nitrogens with zero attached hydrogens (tertiary/aromatic N) is 4. The average Bonchev–Trinajstić information content (AvgIpc) is 2.48. The van der Waals surface area contributed by atoms with E-state index in [1.54, 1.807) is 12.1 Å². The predicted molar refractivity (Wildman–Crippen MR) is 82.1 cm³/mol. The molecule has 0 N–H and O–H groups in total. The SMILES string of the molecule is CN1CCN(c2cc(-c3ccc(F)cc3)nc(Cl)n2)CC1. The lowest BCUT2D eigenvalue weighted by Gasteiger charge is -2.33. The Bertz CT molecular complexity index is 624. The zero-order valence-corrected chi connectivity index (χ0v) is 12.5. The van der Waals surface area contributed by atoms with Gasteiger partial charge in [0.2, 0.25) is 5.28 Å². The van der Waals surface area contributed by atoms with E-state index >= 15 is 0 Å². The van der Waals surface area contributed by atoms with E-state index in [9.17, 15) is 4.39 Å². The maximum atomic E-state index is 13.0. The lowest BCUT2D eigenvalue weighted by atomic mass is 10.1. The van der Waals surface area contributed by atoms with Gasteiger partial charge in [-0.3, -0.25) is 0 Å². The smallest absolute Gasteiger partial charge is 0.224 e. The van der Waals surface area contributed by atoms with Crippen molar-refractivity contribution in [3.8, 4) is 11.3 Å². The van der Waals surface area contributed by atoms with E-state index in [1.165, 1.54) is 12.1 Å². The molecule has 21 heavy (non-hydrogen) atoms. The Balaban J connectivity index is 1.91. The molecule has 0 atom stereocenters. The third-order valence-corrected chi connectivity index (χ3v) is 3.82. The number of benzene rings is 1. The van der Waals surface area contributed by atoms with Crippen molar-refractivity contribution in [1.82, 2.24) is 14.9 Å². The summed E-state index contributed by atoms with van der Waals surface area (Å²) in [7, 11) is 2.11. The second-order valence-electron chi connectivity index (χ2n) is 5.18. The van der Waals surface area contributed by atoms with Gasteiger partial charge in [-0.25, -0.2) is 14.4 Å². The van der Waals surface area contributed by atoms with Crippen LogP contribution in [0.15, 0.2) is 30.3 Å². The molecule has 0 radical (unpaired) electrons. The van der Waals surface area contributed by atoms with Crippen molar-refractivity contribution in [3.63, 3.8) is 0 Å². The number of aromatic nitrogens is 2. The van der Waals surface area contributed by atoms with Gasteiger partial charge < -0.3 is 9.80 Å². The Labute approximate surface area is 128 Å². The van der Waals surface area contributed by atoms with Gasteiger partial charge in [-0.15, -0.1) is 0 Å². The Morgan fingerprint density at radius 1 is 1.05 bits per heavy atom. The van der Waals surface area contributed by atoms with E-state index in [-0.39, 0.29) is 11.1 Å². The van der Waals surface area contributed by atoms with Crippen molar-refractivity contribution >= 4 is 17.4 Å². The molecule has 0 aliphatic carbocycles. The quantitative estimate of drug-likeness (QED) is 0.799. The van der Waals surface area contributed by atoms with Crippen LogP contribution in [0.1, 0.15) is 0 Å². The number of hydrogen-bond donors (Lipinski definition) is 0. The van der Waals surface area contributed by atoms with Crippen molar-refractivity contribution in [2.75, 3.05) is 38.1 Å². The first-order valence-corrected chi connectivity index (χ1v) is 7.23. The molecule has 0 saturated carbocycles. The summed E-state index contributed by atoms with van der Waals surface area (Å²) in [5.41, 5.74) is 1.54. The number of piperazine rings is 1. The molecule has 0 spiro atoms. The second-order valence-corrected chi connectivity index (χ2v) is 5.52. The first-order chi connectivity index (χ1) is 10.1. The van der Waals surface area contributed by atoms with Gasteiger partial charge in [0.15, 0.2) is 0 Å². The van der Waals surface area contributed by atoms with Gasteiger partial charge in [-0.1, -0.05) is 0 Å². The standard InChI is InChI=1S/C15H16ClFN4/c1-20-6-8-21(9-7-20)14-10-13(18-15(16)19-14)11-2-4-12(17)5-3-11/h2-5,10H,6-9H2,1H3. The number of halogens is 2. The van der Waals surface area contributed by atoms with Gasteiger partial charge in [0.1, 0.15) is 11.6 Å². The van der Waals surface area contributed by atoms with Crippen LogP contribution in [0.4, 0.5) is 10.2 Å². The van der Waals surface area contributed by atoms with E-state index in [1.807, 2.05) is 6.07 Å². The highest BCUT2D eigenvalue weighted by atomic mass is 35.5. The monoisotopic (exact) mass is 306 g/mol. The molecule has 1 aliphatic heterocycles. The van der Waals surface area contributed by atoms with E-state index in [4.69, 9.17) is 11.6 Å². The van der Waals surface area contributed by atoms with Gasteiger partial charge in [-0.05, 0) is 42.9 Å². The summed E-state index contributed by atoms with van der Waals surface area (Å²) in [5, 5.41) is 0.214. The second kappa shape index (κ2) is 5.95. The van der Waals surface area contributed by atoms with E-state index in [0.29, 0.717) is 5.69 Å². The minimum atomic E-state index is -0.266. The minimum absolute atomic E-state index is 0.214. The third kappa shape index (κ3) is 3.31. The van der Waals surface area contributed by atoms with Crippen LogP contribution in [-0.4, -0.2) is 48.1 Å². The van der Waals surface area contributed by atoms with Gasteiger partial charge in [0.05, 0.1) is 5.69 Å². The van der Waals surface area contributed by atoms with Crippen molar-refractivity contribution in [3.05, 3.63) is 41.4 Å². The lowest BCUT2D eigenvalue weighted by molar-refractivity contribution is 0.312. The van der Waals surface area contributed by atoms with Crippen molar-refractivity contribution in [2.45, 2.75) is 0 Å². The topological polar surface area (TPSA) is 32.3 Å². The number of likely N-dealkylation sites (N-methyl/N-ethyl adjacent to an activating group) is 1. The Morgan fingerprint density at radius 2 is 1.71 bits per heavy atom. The Morgan fingerprint density at radius 3 is 2.38 bits per heavy atom. The molecule has 2 heterocycles. The van der Waals surface area contributed by atoms with Crippen molar-refractivity contribution in [2.24, 2.45) is 0 Å². The third-order valence-electron chi connectivity index (χ3n) is 3.65. The van der Waals surface area contributed by atoms with E-state index < -0.39 is 0 Å². The first-order valence-electron chi connectivity index (χ1n) is 6.86. The molecule has 1 aromatic heterocycles. The summed E-state index contributed by atoms with van der Waals surface area (Å²) in [5.74, 6) is 0.556. The minimum Gasteiger partial charge on any atom is -0.354 e. The fraction of sp³-hybridized carbons (Fsp3) is 0.333. The summed E-state index contributed by atoms with van der Waals surface area (Å²) in [6, 6.07) is 8.13. The fourth-order valence-electron chi connectivity index (χ4n) is 2.37. The zero-order valence-electron chi connectivity index (χ0n) is 11.8. The normalized spacial score (nSPS) is 16.2. The Hall–Kier alpha value is -1.72. The molecule has 110 valence electrons. The van der Waals surface area contributed by atoms with Gasteiger partial charge in [-0.2, -0.15) is 0 Å².